The topological polar surface area (TPSA) is 60.2 Å². The number of nitrogens with two attached hydrogens (primary N) is 1. The predicted molar refractivity (Wildman–Crippen MR) is 81.8 cm³/mol. The van der Waals surface area contributed by atoms with Crippen LogP contribution in [-0.2, 0) is 4.74 Å². The summed E-state index contributed by atoms with van der Waals surface area (Å²) in [6.07, 6.45) is 2.76. The molecule has 19 heavy (non-hydrogen) atoms. The van der Waals surface area contributed by atoms with Crippen LogP contribution in [0, 0.1) is 0 Å². The quantitative estimate of drug-likeness (QED) is 0.875. The molecule has 4 nitrogen and oxygen atoms in total. The molecule has 1 saturated heterocycles. The van der Waals surface area contributed by atoms with Gasteiger partial charge in [-0.25, -0.2) is 4.98 Å². The minimum Gasteiger partial charge on any atom is -0.383 e. The summed E-state index contributed by atoms with van der Waals surface area (Å²) >= 11 is 7.95. The molecule has 2 unspecified atom stereocenters. The summed E-state index contributed by atoms with van der Waals surface area (Å²) in [7, 11) is 0. The molecule has 106 valence electrons. The Morgan fingerprint density at radius 3 is 3.21 bits per heavy atom. The molecule has 3 N–H and O–H groups in total. The predicted octanol–water partition coefficient (Wildman–Crippen LogP) is 2.49. The van der Waals surface area contributed by atoms with Gasteiger partial charge < -0.3 is 15.8 Å². The van der Waals surface area contributed by atoms with E-state index in [1.165, 1.54) is 0 Å². The van der Waals surface area contributed by atoms with Crippen molar-refractivity contribution in [3.05, 3.63) is 22.8 Å². The molecule has 1 aromatic rings. The van der Waals surface area contributed by atoms with Gasteiger partial charge in [-0.15, -0.1) is 0 Å². The normalized spacial score (nSPS) is 21.3. The van der Waals surface area contributed by atoms with Crippen LogP contribution in [0.1, 0.15) is 24.9 Å². The van der Waals surface area contributed by atoms with E-state index in [-0.39, 0.29) is 12.1 Å². The van der Waals surface area contributed by atoms with Gasteiger partial charge in [0, 0.05) is 23.3 Å². The third-order valence-electron chi connectivity index (χ3n) is 3.08. The van der Waals surface area contributed by atoms with Crippen LogP contribution in [0.5, 0.6) is 0 Å². The molecule has 0 aliphatic carbocycles. The second-order valence-corrected chi connectivity index (χ2v) is 6.13. The summed E-state index contributed by atoms with van der Waals surface area (Å²) in [5.74, 6) is 2.55. The lowest BCUT2D eigenvalue weighted by Crippen LogP contribution is -2.39. The lowest BCUT2D eigenvalue weighted by Gasteiger charge is -2.31. The number of anilines is 1. The molecular formula is C13H20ClN3OS. The third kappa shape index (κ3) is 3.99. The molecule has 2 atom stereocenters. The Balaban J connectivity index is 2.22. The van der Waals surface area contributed by atoms with E-state index in [1.54, 1.807) is 6.20 Å². The van der Waals surface area contributed by atoms with E-state index in [0.717, 1.165) is 36.6 Å². The van der Waals surface area contributed by atoms with E-state index >= 15 is 0 Å². The number of rotatable bonds is 5. The molecule has 0 spiro atoms. The Labute approximate surface area is 123 Å². The largest absolute Gasteiger partial charge is 0.383 e. The summed E-state index contributed by atoms with van der Waals surface area (Å²) < 4.78 is 5.88. The van der Waals surface area contributed by atoms with Crippen molar-refractivity contribution in [1.82, 2.24) is 10.3 Å². The van der Waals surface area contributed by atoms with Crippen LogP contribution in [0.2, 0.25) is 5.02 Å². The van der Waals surface area contributed by atoms with E-state index in [4.69, 9.17) is 22.1 Å². The number of aromatic nitrogens is 1. The van der Waals surface area contributed by atoms with Gasteiger partial charge in [-0.2, -0.15) is 11.8 Å². The molecule has 1 fully saturated rings. The number of hydrogen-bond acceptors (Lipinski definition) is 5. The van der Waals surface area contributed by atoms with Gasteiger partial charge >= 0.3 is 0 Å². The maximum atomic E-state index is 6.04. The van der Waals surface area contributed by atoms with Crippen molar-refractivity contribution in [1.29, 1.82) is 0 Å². The molecule has 1 aliphatic rings. The summed E-state index contributed by atoms with van der Waals surface area (Å²) in [6.45, 7) is 3.84. The highest BCUT2D eigenvalue weighted by Crippen LogP contribution is 2.29. The lowest BCUT2D eigenvalue weighted by molar-refractivity contribution is 0.0469. The van der Waals surface area contributed by atoms with Crippen LogP contribution in [0.3, 0.4) is 0 Å². The first-order valence-corrected chi connectivity index (χ1v) is 8.09. The molecule has 0 amide bonds. The summed E-state index contributed by atoms with van der Waals surface area (Å²) in [5.41, 5.74) is 6.94. The van der Waals surface area contributed by atoms with Crippen LogP contribution in [0.25, 0.3) is 0 Å². The minimum atomic E-state index is 0.0546. The van der Waals surface area contributed by atoms with Crippen LogP contribution in [0.4, 0.5) is 5.82 Å². The van der Waals surface area contributed by atoms with Crippen LogP contribution >= 0.6 is 23.4 Å². The Bertz CT molecular complexity index is 413. The van der Waals surface area contributed by atoms with Gasteiger partial charge in [0.05, 0.1) is 23.8 Å². The van der Waals surface area contributed by atoms with E-state index in [1.807, 2.05) is 17.8 Å². The number of ether oxygens (including phenoxy) is 1. The molecule has 0 radical (unpaired) electrons. The third-order valence-corrected chi connectivity index (χ3v) is 4.31. The highest BCUT2D eigenvalue weighted by atomic mass is 35.5. The first-order chi connectivity index (χ1) is 9.22. The zero-order valence-electron chi connectivity index (χ0n) is 11.1. The van der Waals surface area contributed by atoms with Crippen LogP contribution < -0.4 is 11.1 Å². The second-order valence-electron chi connectivity index (χ2n) is 4.54. The van der Waals surface area contributed by atoms with Crippen LogP contribution in [-0.4, -0.2) is 35.7 Å². The number of nitrogens with one attached hydrogen (secondary N) is 1. The highest BCUT2D eigenvalue weighted by molar-refractivity contribution is 7.99. The maximum Gasteiger partial charge on any atom is 0.128 e. The van der Waals surface area contributed by atoms with E-state index in [9.17, 15) is 0 Å². The van der Waals surface area contributed by atoms with E-state index in [0.29, 0.717) is 10.8 Å². The van der Waals surface area contributed by atoms with Gasteiger partial charge in [-0.05, 0) is 19.0 Å². The van der Waals surface area contributed by atoms with Gasteiger partial charge in [0.25, 0.3) is 0 Å². The van der Waals surface area contributed by atoms with Crippen molar-refractivity contribution in [2.45, 2.75) is 25.5 Å². The van der Waals surface area contributed by atoms with E-state index in [2.05, 4.69) is 17.2 Å². The van der Waals surface area contributed by atoms with Gasteiger partial charge in [-0.3, -0.25) is 0 Å². The van der Waals surface area contributed by atoms with Crippen molar-refractivity contribution in [3.63, 3.8) is 0 Å². The molecule has 0 bridgehead atoms. The van der Waals surface area contributed by atoms with Crippen molar-refractivity contribution >= 4 is 29.2 Å². The number of halogens is 1. The first-order valence-electron chi connectivity index (χ1n) is 6.56. The molecule has 2 rings (SSSR count). The number of thioether (sulfide) groups is 1. The van der Waals surface area contributed by atoms with Crippen molar-refractivity contribution in [3.8, 4) is 0 Å². The average Bonchev–Trinajstić information content (AvgIpc) is 2.44. The fourth-order valence-corrected chi connectivity index (χ4v) is 3.22. The SMILES string of the molecule is CCCNC(c1cc(Cl)cnc1N)C1CSCCO1. The summed E-state index contributed by atoms with van der Waals surface area (Å²) in [6, 6.07) is 1.94. The Hall–Kier alpha value is -0.490. The fourth-order valence-electron chi connectivity index (χ4n) is 2.15. The van der Waals surface area contributed by atoms with Gasteiger partial charge in [-0.1, -0.05) is 18.5 Å². The fraction of sp³-hybridized carbons (Fsp3) is 0.615. The van der Waals surface area contributed by atoms with E-state index < -0.39 is 0 Å². The molecule has 1 aliphatic heterocycles. The average molecular weight is 302 g/mol. The monoisotopic (exact) mass is 301 g/mol. The molecule has 1 aromatic heterocycles. The van der Waals surface area contributed by atoms with Gasteiger partial charge in [0.2, 0.25) is 0 Å². The zero-order valence-corrected chi connectivity index (χ0v) is 12.6. The molecule has 0 saturated carbocycles. The molecule has 0 aromatic carbocycles. The minimum absolute atomic E-state index is 0.0546. The van der Waals surface area contributed by atoms with Gasteiger partial charge in [0.1, 0.15) is 5.82 Å². The maximum absolute atomic E-state index is 6.04. The van der Waals surface area contributed by atoms with Crippen molar-refractivity contribution in [2.24, 2.45) is 0 Å². The first kappa shape index (κ1) is 14.9. The Morgan fingerprint density at radius 2 is 2.53 bits per heavy atom. The zero-order chi connectivity index (χ0) is 13.7. The van der Waals surface area contributed by atoms with Crippen molar-refractivity contribution < 1.29 is 4.74 Å². The molecule has 2 heterocycles. The smallest absolute Gasteiger partial charge is 0.128 e. The second kappa shape index (κ2) is 7.33. The van der Waals surface area contributed by atoms with Crippen LogP contribution in [0.15, 0.2) is 12.3 Å². The standard InChI is InChI=1S/C13H20ClN3OS/c1-2-3-16-12(11-8-19-5-4-18-11)10-6-9(14)7-17-13(10)15/h6-7,11-12,16H,2-5,8H2,1H3,(H2,15,17). The number of hydrogen-bond donors (Lipinski definition) is 2. The lowest BCUT2D eigenvalue weighted by atomic mass is 10.0. The number of nitrogen functional groups attached to an aromatic ring is 1. The van der Waals surface area contributed by atoms with Crippen molar-refractivity contribution in [2.75, 3.05) is 30.4 Å². The molecule has 6 heteroatoms. The Kier molecular flexibility index (Phi) is 5.76. The number of pyridine rings is 1. The Morgan fingerprint density at radius 1 is 1.68 bits per heavy atom. The number of nitrogens with zero attached hydrogens (tertiary/aromatic N) is 1. The molecular weight excluding hydrogens is 282 g/mol. The van der Waals surface area contributed by atoms with Gasteiger partial charge in [0.15, 0.2) is 0 Å². The summed E-state index contributed by atoms with van der Waals surface area (Å²) in [4.78, 5) is 4.15. The highest BCUT2D eigenvalue weighted by Gasteiger charge is 2.27. The summed E-state index contributed by atoms with van der Waals surface area (Å²) in [5, 5.41) is 4.11.